The predicted molar refractivity (Wildman–Crippen MR) is 66.9 cm³/mol. The number of hydrogen-bond donors (Lipinski definition) is 1. The number of nitrogens with one attached hydrogen (secondary N) is 1. The zero-order valence-corrected chi connectivity index (χ0v) is 11.3. The maximum absolute atomic E-state index is 5.50. The standard InChI is InChI=1S/C12H20N2OS/c1-12(2,15-4)11-14-10(8-5-6-8)9(16-11)7-13-3/h8,13H,5-7H2,1-4H3. The summed E-state index contributed by atoms with van der Waals surface area (Å²) in [5.74, 6) is 0.709. The second-order valence-corrected chi connectivity index (χ2v) is 5.93. The van der Waals surface area contributed by atoms with Gasteiger partial charge in [-0.2, -0.15) is 0 Å². The molecule has 2 rings (SSSR count). The van der Waals surface area contributed by atoms with Crippen molar-refractivity contribution < 1.29 is 4.74 Å². The van der Waals surface area contributed by atoms with Crippen molar-refractivity contribution in [1.29, 1.82) is 0 Å². The molecule has 0 amide bonds. The van der Waals surface area contributed by atoms with E-state index >= 15 is 0 Å². The Balaban J connectivity index is 2.30. The van der Waals surface area contributed by atoms with Crippen LogP contribution in [0, 0.1) is 0 Å². The van der Waals surface area contributed by atoms with Gasteiger partial charge in [-0.25, -0.2) is 4.98 Å². The fraction of sp³-hybridized carbons (Fsp3) is 0.750. The molecular formula is C12H20N2OS. The Morgan fingerprint density at radius 3 is 2.69 bits per heavy atom. The number of nitrogens with zero attached hydrogens (tertiary/aromatic N) is 1. The lowest BCUT2D eigenvalue weighted by atomic mass is 10.1. The number of aromatic nitrogens is 1. The Kier molecular flexibility index (Phi) is 3.33. The maximum atomic E-state index is 5.50. The topological polar surface area (TPSA) is 34.1 Å². The van der Waals surface area contributed by atoms with Gasteiger partial charge in [-0.15, -0.1) is 11.3 Å². The summed E-state index contributed by atoms with van der Waals surface area (Å²) in [6, 6.07) is 0. The van der Waals surface area contributed by atoms with E-state index in [9.17, 15) is 0 Å². The van der Waals surface area contributed by atoms with Crippen molar-refractivity contribution in [2.75, 3.05) is 14.2 Å². The summed E-state index contributed by atoms with van der Waals surface area (Å²) in [7, 11) is 3.73. The van der Waals surface area contributed by atoms with E-state index in [4.69, 9.17) is 9.72 Å². The molecule has 0 saturated heterocycles. The van der Waals surface area contributed by atoms with Gasteiger partial charge in [-0.1, -0.05) is 0 Å². The number of rotatable bonds is 5. The number of hydrogen-bond acceptors (Lipinski definition) is 4. The Hall–Kier alpha value is -0.450. The maximum Gasteiger partial charge on any atom is 0.125 e. The third-order valence-electron chi connectivity index (χ3n) is 3.05. The summed E-state index contributed by atoms with van der Waals surface area (Å²) in [6.45, 7) is 5.07. The van der Waals surface area contributed by atoms with Gasteiger partial charge in [0.05, 0.1) is 5.69 Å². The summed E-state index contributed by atoms with van der Waals surface area (Å²) in [4.78, 5) is 6.17. The molecule has 0 aromatic carbocycles. The third kappa shape index (κ3) is 2.29. The minimum atomic E-state index is -0.264. The van der Waals surface area contributed by atoms with Gasteiger partial charge in [-0.05, 0) is 33.7 Å². The summed E-state index contributed by atoms with van der Waals surface area (Å²) in [6.07, 6.45) is 2.60. The lowest BCUT2D eigenvalue weighted by molar-refractivity contribution is 0.0189. The van der Waals surface area contributed by atoms with Crippen molar-refractivity contribution in [3.8, 4) is 0 Å². The molecule has 0 atom stereocenters. The molecule has 1 aliphatic rings. The van der Waals surface area contributed by atoms with Crippen LogP contribution in [0.4, 0.5) is 0 Å². The van der Waals surface area contributed by atoms with E-state index in [0.717, 1.165) is 11.6 Å². The fourth-order valence-electron chi connectivity index (χ4n) is 1.67. The van der Waals surface area contributed by atoms with Crippen molar-refractivity contribution in [1.82, 2.24) is 10.3 Å². The van der Waals surface area contributed by atoms with Crippen LogP contribution in [0.5, 0.6) is 0 Å². The van der Waals surface area contributed by atoms with Crippen LogP contribution in [0.2, 0.25) is 0 Å². The monoisotopic (exact) mass is 240 g/mol. The minimum absolute atomic E-state index is 0.264. The van der Waals surface area contributed by atoms with Gasteiger partial charge in [0.1, 0.15) is 10.6 Å². The lowest BCUT2D eigenvalue weighted by Crippen LogP contribution is -2.19. The molecule has 1 fully saturated rings. The summed E-state index contributed by atoms with van der Waals surface area (Å²) in [5, 5.41) is 4.32. The van der Waals surface area contributed by atoms with Crippen molar-refractivity contribution in [3.05, 3.63) is 15.6 Å². The molecule has 0 radical (unpaired) electrons. The molecule has 1 N–H and O–H groups in total. The molecule has 16 heavy (non-hydrogen) atoms. The molecule has 1 saturated carbocycles. The van der Waals surface area contributed by atoms with Gasteiger partial charge in [0.25, 0.3) is 0 Å². The van der Waals surface area contributed by atoms with E-state index in [1.165, 1.54) is 23.4 Å². The molecule has 3 nitrogen and oxygen atoms in total. The van der Waals surface area contributed by atoms with Gasteiger partial charge in [0, 0.05) is 24.4 Å². The van der Waals surface area contributed by atoms with Crippen molar-refractivity contribution in [3.63, 3.8) is 0 Å². The molecule has 0 bridgehead atoms. The van der Waals surface area contributed by atoms with Crippen LogP contribution < -0.4 is 5.32 Å². The van der Waals surface area contributed by atoms with Crippen LogP contribution in [0.25, 0.3) is 0 Å². The highest BCUT2D eigenvalue weighted by atomic mass is 32.1. The van der Waals surface area contributed by atoms with E-state index in [2.05, 4.69) is 19.2 Å². The van der Waals surface area contributed by atoms with E-state index in [1.807, 2.05) is 7.05 Å². The number of methoxy groups -OCH3 is 1. The first kappa shape index (κ1) is 12.0. The third-order valence-corrected chi connectivity index (χ3v) is 4.43. The molecule has 0 unspecified atom stereocenters. The minimum Gasteiger partial charge on any atom is -0.372 e. The first-order valence-corrected chi connectivity index (χ1v) is 6.60. The van der Waals surface area contributed by atoms with Crippen LogP contribution in [0.15, 0.2) is 0 Å². The van der Waals surface area contributed by atoms with Crippen LogP contribution in [-0.4, -0.2) is 19.1 Å². The van der Waals surface area contributed by atoms with Gasteiger partial charge in [-0.3, -0.25) is 0 Å². The Morgan fingerprint density at radius 2 is 2.19 bits per heavy atom. The smallest absolute Gasteiger partial charge is 0.125 e. The molecule has 0 aliphatic heterocycles. The first-order chi connectivity index (χ1) is 7.58. The quantitative estimate of drug-likeness (QED) is 0.859. The highest BCUT2D eigenvalue weighted by Crippen LogP contribution is 2.44. The molecule has 1 aliphatic carbocycles. The fourth-order valence-corrected chi connectivity index (χ4v) is 2.91. The molecular weight excluding hydrogens is 220 g/mol. The van der Waals surface area contributed by atoms with Gasteiger partial charge >= 0.3 is 0 Å². The molecule has 90 valence electrons. The zero-order chi connectivity index (χ0) is 11.8. The molecule has 1 aromatic heterocycles. The average Bonchev–Trinajstić information content (AvgIpc) is 3.01. The van der Waals surface area contributed by atoms with Crippen LogP contribution in [0.1, 0.15) is 48.2 Å². The van der Waals surface area contributed by atoms with Crippen molar-refractivity contribution >= 4 is 11.3 Å². The highest BCUT2D eigenvalue weighted by Gasteiger charge is 2.32. The van der Waals surface area contributed by atoms with E-state index in [1.54, 1.807) is 18.4 Å². The molecule has 4 heteroatoms. The largest absolute Gasteiger partial charge is 0.372 e. The van der Waals surface area contributed by atoms with Gasteiger partial charge in [0.15, 0.2) is 0 Å². The first-order valence-electron chi connectivity index (χ1n) is 5.78. The van der Waals surface area contributed by atoms with Crippen LogP contribution in [0.3, 0.4) is 0 Å². The predicted octanol–water partition coefficient (Wildman–Crippen LogP) is 2.62. The second kappa shape index (κ2) is 4.43. The molecule has 1 heterocycles. The SMILES string of the molecule is CNCc1sc(C(C)(C)OC)nc1C1CC1. The Labute approximate surface area is 101 Å². The zero-order valence-electron chi connectivity index (χ0n) is 10.5. The Bertz CT molecular complexity index is 369. The van der Waals surface area contributed by atoms with Crippen molar-refractivity contribution in [2.24, 2.45) is 0 Å². The number of ether oxygens (including phenoxy) is 1. The summed E-state index contributed by atoms with van der Waals surface area (Å²) in [5.41, 5.74) is 1.04. The van der Waals surface area contributed by atoms with Crippen LogP contribution in [-0.2, 0) is 16.9 Å². The summed E-state index contributed by atoms with van der Waals surface area (Å²) >= 11 is 1.79. The molecule has 0 spiro atoms. The number of thiazole rings is 1. The van der Waals surface area contributed by atoms with Crippen LogP contribution >= 0.6 is 11.3 Å². The Morgan fingerprint density at radius 1 is 1.50 bits per heavy atom. The van der Waals surface area contributed by atoms with Gasteiger partial charge < -0.3 is 10.1 Å². The van der Waals surface area contributed by atoms with E-state index in [0.29, 0.717) is 5.92 Å². The second-order valence-electron chi connectivity index (χ2n) is 4.85. The lowest BCUT2D eigenvalue weighted by Gasteiger charge is -2.19. The van der Waals surface area contributed by atoms with E-state index < -0.39 is 0 Å². The summed E-state index contributed by atoms with van der Waals surface area (Å²) < 4.78 is 5.50. The normalized spacial score (nSPS) is 16.8. The van der Waals surface area contributed by atoms with Crippen molar-refractivity contribution in [2.45, 2.75) is 44.8 Å². The average molecular weight is 240 g/mol. The van der Waals surface area contributed by atoms with Gasteiger partial charge in [0.2, 0.25) is 0 Å². The molecule has 1 aromatic rings. The highest BCUT2D eigenvalue weighted by molar-refractivity contribution is 7.11. The van der Waals surface area contributed by atoms with E-state index in [-0.39, 0.29) is 5.60 Å².